The third-order valence-corrected chi connectivity index (χ3v) is 5.12. The first-order valence-corrected chi connectivity index (χ1v) is 9.34. The zero-order valence-electron chi connectivity index (χ0n) is 15.5. The van der Waals surface area contributed by atoms with Gasteiger partial charge in [-0.1, -0.05) is 29.8 Å². The highest BCUT2D eigenvalue weighted by molar-refractivity contribution is 5.92. The Labute approximate surface area is 158 Å². The minimum atomic E-state index is -0.403. The number of ether oxygens (including phenoxy) is 2. The van der Waals surface area contributed by atoms with Crippen LogP contribution >= 0.6 is 0 Å². The number of aryl methyl sites for hydroxylation is 1. The molecule has 1 N–H and O–H groups in total. The van der Waals surface area contributed by atoms with Crippen LogP contribution in [0.15, 0.2) is 36.4 Å². The summed E-state index contributed by atoms with van der Waals surface area (Å²) in [5.41, 5.74) is 2.57. The normalized spacial score (nSPS) is 18.6. The van der Waals surface area contributed by atoms with Crippen molar-refractivity contribution in [3.8, 4) is 0 Å². The Morgan fingerprint density at radius 1 is 1.07 bits per heavy atom. The minimum Gasteiger partial charge on any atom is -0.355 e. The molecule has 2 aliphatic heterocycles. The molecule has 0 saturated carbocycles. The Balaban J connectivity index is 1.32. The van der Waals surface area contributed by atoms with Gasteiger partial charge in [-0.3, -0.25) is 4.79 Å². The minimum absolute atomic E-state index is 0.222. The average molecular weight is 368 g/mol. The van der Waals surface area contributed by atoms with Gasteiger partial charge in [0.25, 0.3) is 5.91 Å². The first-order chi connectivity index (χ1) is 13.1. The molecular formula is C20H24N4O3. The number of aromatic nitrogens is 2. The van der Waals surface area contributed by atoms with E-state index in [0.717, 1.165) is 37.3 Å². The van der Waals surface area contributed by atoms with E-state index in [0.29, 0.717) is 25.5 Å². The molecular weight excluding hydrogens is 344 g/mol. The number of amides is 1. The topological polar surface area (TPSA) is 76.6 Å². The van der Waals surface area contributed by atoms with Crippen LogP contribution in [0.25, 0.3) is 0 Å². The number of nitrogens with one attached hydrogen (secondary N) is 1. The van der Waals surface area contributed by atoms with Crippen molar-refractivity contribution in [1.29, 1.82) is 0 Å². The van der Waals surface area contributed by atoms with Gasteiger partial charge in [-0.05, 0) is 24.6 Å². The van der Waals surface area contributed by atoms with Crippen molar-refractivity contribution in [2.45, 2.75) is 32.1 Å². The monoisotopic (exact) mass is 368 g/mol. The van der Waals surface area contributed by atoms with Crippen LogP contribution in [0.1, 0.15) is 34.5 Å². The van der Waals surface area contributed by atoms with Crippen LogP contribution in [-0.4, -0.2) is 48.2 Å². The Morgan fingerprint density at radius 2 is 1.78 bits per heavy atom. The van der Waals surface area contributed by atoms with Crippen LogP contribution in [0.4, 0.5) is 5.82 Å². The lowest BCUT2D eigenvalue weighted by atomic mass is 10.0. The first-order valence-electron chi connectivity index (χ1n) is 9.34. The lowest BCUT2D eigenvalue weighted by molar-refractivity contribution is -0.169. The largest absolute Gasteiger partial charge is 0.355 e. The molecule has 1 aromatic carbocycles. The van der Waals surface area contributed by atoms with Crippen LogP contribution in [0.5, 0.6) is 0 Å². The van der Waals surface area contributed by atoms with Gasteiger partial charge in [-0.2, -0.15) is 0 Å². The zero-order valence-corrected chi connectivity index (χ0v) is 15.5. The van der Waals surface area contributed by atoms with Crippen LogP contribution in [0, 0.1) is 6.92 Å². The summed E-state index contributed by atoms with van der Waals surface area (Å²) < 4.78 is 11.5. The van der Waals surface area contributed by atoms with Crippen molar-refractivity contribution in [3.63, 3.8) is 0 Å². The van der Waals surface area contributed by atoms with E-state index in [2.05, 4.69) is 20.4 Å². The summed E-state index contributed by atoms with van der Waals surface area (Å²) in [4.78, 5) is 14.4. The fraction of sp³-hybridized carbons (Fsp3) is 0.450. The van der Waals surface area contributed by atoms with Gasteiger partial charge in [0.15, 0.2) is 17.3 Å². The number of rotatable bonds is 4. The summed E-state index contributed by atoms with van der Waals surface area (Å²) in [6.07, 6.45) is 1.63. The second kappa shape index (κ2) is 7.62. The maximum absolute atomic E-state index is 12.3. The van der Waals surface area contributed by atoms with Crippen molar-refractivity contribution < 1.29 is 14.3 Å². The molecule has 1 amide bonds. The number of carbonyl (C=O) groups excluding carboxylic acids is 1. The molecule has 0 radical (unpaired) electrons. The van der Waals surface area contributed by atoms with Gasteiger partial charge in [-0.25, -0.2) is 0 Å². The third kappa shape index (κ3) is 4.09. The molecule has 2 fully saturated rings. The molecule has 2 aromatic rings. The fourth-order valence-electron chi connectivity index (χ4n) is 3.46. The number of nitrogens with zero attached hydrogens (tertiary/aromatic N) is 3. The van der Waals surface area contributed by atoms with E-state index in [1.54, 1.807) is 6.07 Å². The van der Waals surface area contributed by atoms with Gasteiger partial charge in [0, 0.05) is 32.5 Å². The number of hydrogen-bond acceptors (Lipinski definition) is 6. The van der Waals surface area contributed by atoms with E-state index in [1.807, 2.05) is 37.3 Å². The average Bonchev–Trinajstić information content (AvgIpc) is 3.16. The summed E-state index contributed by atoms with van der Waals surface area (Å²) in [6, 6.07) is 11.6. The van der Waals surface area contributed by atoms with Gasteiger partial charge >= 0.3 is 0 Å². The van der Waals surface area contributed by atoms with E-state index in [-0.39, 0.29) is 5.91 Å². The molecule has 27 heavy (non-hydrogen) atoms. The van der Waals surface area contributed by atoms with E-state index >= 15 is 0 Å². The number of anilines is 1. The molecule has 4 rings (SSSR count). The molecule has 0 bridgehead atoms. The Bertz CT molecular complexity index is 776. The quantitative estimate of drug-likeness (QED) is 0.890. The maximum Gasteiger partial charge on any atom is 0.272 e. The highest BCUT2D eigenvalue weighted by atomic mass is 16.7. The summed E-state index contributed by atoms with van der Waals surface area (Å²) in [5.74, 6) is 0.151. The highest BCUT2D eigenvalue weighted by Crippen LogP contribution is 2.32. The van der Waals surface area contributed by atoms with Crippen molar-refractivity contribution in [1.82, 2.24) is 15.5 Å². The van der Waals surface area contributed by atoms with E-state index < -0.39 is 5.79 Å². The van der Waals surface area contributed by atoms with Crippen molar-refractivity contribution in [2.24, 2.45) is 0 Å². The SMILES string of the molecule is Cc1ccc(CNC(=O)c2ccc(N3CCC4(CC3)OCCO4)nn2)cc1. The lowest BCUT2D eigenvalue weighted by Crippen LogP contribution is -2.45. The summed E-state index contributed by atoms with van der Waals surface area (Å²) in [6.45, 7) is 5.45. The van der Waals surface area contributed by atoms with Gasteiger partial charge in [0.1, 0.15) is 0 Å². The van der Waals surface area contributed by atoms with Crippen LogP contribution in [0.2, 0.25) is 0 Å². The molecule has 142 valence electrons. The van der Waals surface area contributed by atoms with Crippen molar-refractivity contribution in [2.75, 3.05) is 31.2 Å². The summed E-state index contributed by atoms with van der Waals surface area (Å²) >= 11 is 0. The van der Waals surface area contributed by atoms with Gasteiger partial charge in [0.05, 0.1) is 13.2 Å². The van der Waals surface area contributed by atoms with Gasteiger partial charge in [-0.15, -0.1) is 10.2 Å². The highest BCUT2D eigenvalue weighted by Gasteiger charge is 2.40. The number of carbonyl (C=O) groups is 1. The van der Waals surface area contributed by atoms with E-state index in [4.69, 9.17) is 9.47 Å². The molecule has 1 spiro atoms. The number of piperidine rings is 1. The fourth-order valence-corrected chi connectivity index (χ4v) is 3.46. The molecule has 3 heterocycles. The van der Waals surface area contributed by atoms with Crippen molar-refractivity contribution in [3.05, 3.63) is 53.2 Å². The smallest absolute Gasteiger partial charge is 0.272 e. The Morgan fingerprint density at radius 3 is 2.41 bits per heavy atom. The van der Waals surface area contributed by atoms with Crippen molar-refractivity contribution >= 4 is 11.7 Å². The Hall–Kier alpha value is -2.51. The van der Waals surface area contributed by atoms with Crippen LogP contribution in [-0.2, 0) is 16.0 Å². The van der Waals surface area contributed by atoms with E-state index in [1.165, 1.54) is 5.56 Å². The molecule has 1 aromatic heterocycles. The second-order valence-corrected chi connectivity index (χ2v) is 7.04. The predicted octanol–water partition coefficient (Wildman–Crippen LogP) is 2.06. The van der Waals surface area contributed by atoms with Crippen LogP contribution in [0.3, 0.4) is 0 Å². The first kappa shape index (κ1) is 17.9. The Kier molecular flexibility index (Phi) is 5.05. The lowest BCUT2D eigenvalue weighted by Gasteiger charge is -2.37. The number of benzene rings is 1. The molecule has 0 aliphatic carbocycles. The second-order valence-electron chi connectivity index (χ2n) is 7.04. The molecule has 7 nitrogen and oxygen atoms in total. The molecule has 0 unspecified atom stereocenters. The predicted molar refractivity (Wildman–Crippen MR) is 100 cm³/mol. The maximum atomic E-state index is 12.3. The van der Waals surface area contributed by atoms with Gasteiger partial charge in [0.2, 0.25) is 0 Å². The molecule has 7 heteroatoms. The van der Waals surface area contributed by atoms with E-state index in [9.17, 15) is 4.79 Å². The van der Waals surface area contributed by atoms with Gasteiger partial charge < -0.3 is 19.7 Å². The number of hydrogen-bond donors (Lipinski definition) is 1. The standard InChI is InChI=1S/C20H24N4O3/c1-15-2-4-16(5-3-15)14-21-19(25)17-6-7-18(23-22-17)24-10-8-20(9-11-24)26-12-13-27-20/h2-7H,8-14H2,1H3,(H,21,25). The summed E-state index contributed by atoms with van der Waals surface area (Å²) in [7, 11) is 0. The zero-order chi connectivity index (χ0) is 18.7. The molecule has 0 atom stereocenters. The van der Waals surface area contributed by atoms with Crippen LogP contribution < -0.4 is 10.2 Å². The molecule has 2 saturated heterocycles. The molecule has 2 aliphatic rings. The third-order valence-electron chi connectivity index (χ3n) is 5.12. The summed E-state index contributed by atoms with van der Waals surface area (Å²) in [5, 5.41) is 11.2.